The molecule has 0 amide bonds. The third-order valence-corrected chi connectivity index (χ3v) is 2.47. The number of nitriles is 1. The predicted octanol–water partition coefficient (Wildman–Crippen LogP) is 1.66. The number of hydrogen-bond donors (Lipinski definition) is 1. The Kier molecular flexibility index (Phi) is 2.13. The van der Waals surface area contributed by atoms with Crippen LogP contribution in [0.25, 0.3) is 10.7 Å². The number of nitrogens with zero attached hydrogens (tertiary/aromatic N) is 3. The van der Waals surface area contributed by atoms with Crippen molar-refractivity contribution in [2.45, 2.75) is 0 Å². The van der Waals surface area contributed by atoms with E-state index in [1.807, 2.05) is 23.6 Å². The standard InChI is InChI=1S/C9H6N4S/c10-5-6-4-8(11)13-9(12-6)7-2-1-3-14-7/h1-4H,(H2,11,12,13). The SMILES string of the molecule is N#Cc1cc(N)nc(-c2cccs2)n1. The third-order valence-electron chi connectivity index (χ3n) is 1.60. The first-order valence-corrected chi connectivity index (χ1v) is 4.76. The Morgan fingerprint density at radius 1 is 1.43 bits per heavy atom. The molecule has 0 unspecified atom stereocenters. The van der Waals surface area contributed by atoms with E-state index in [2.05, 4.69) is 9.97 Å². The maximum Gasteiger partial charge on any atom is 0.172 e. The van der Waals surface area contributed by atoms with Crippen LogP contribution in [0.5, 0.6) is 0 Å². The van der Waals surface area contributed by atoms with E-state index in [0.717, 1.165) is 4.88 Å². The molecule has 0 aliphatic carbocycles. The second-order valence-electron chi connectivity index (χ2n) is 2.59. The van der Waals surface area contributed by atoms with E-state index in [1.54, 1.807) is 0 Å². The van der Waals surface area contributed by atoms with Crippen molar-refractivity contribution in [3.05, 3.63) is 29.3 Å². The largest absolute Gasteiger partial charge is 0.384 e. The normalized spacial score (nSPS) is 9.64. The molecule has 0 spiro atoms. The summed E-state index contributed by atoms with van der Waals surface area (Å²) in [6, 6.07) is 7.19. The second-order valence-corrected chi connectivity index (χ2v) is 3.54. The monoisotopic (exact) mass is 202 g/mol. The molecule has 0 saturated heterocycles. The van der Waals surface area contributed by atoms with Gasteiger partial charge >= 0.3 is 0 Å². The summed E-state index contributed by atoms with van der Waals surface area (Å²) in [7, 11) is 0. The van der Waals surface area contributed by atoms with Gasteiger partial charge in [-0.25, -0.2) is 9.97 Å². The summed E-state index contributed by atoms with van der Waals surface area (Å²) in [6.45, 7) is 0. The van der Waals surface area contributed by atoms with Gasteiger partial charge < -0.3 is 5.73 Å². The molecule has 0 atom stereocenters. The van der Waals surface area contributed by atoms with E-state index in [0.29, 0.717) is 17.3 Å². The Morgan fingerprint density at radius 2 is 2.29 bits per heavy atom. The summed E-state index contributed by atoms with van der Waals surface area (Å²) < 4.78 is 0. The molecule has 0 fully saturated rings. The lowest BCUT2D eigenvalue weighted by molar-refractivity contribution is 1.16. The Hall–Kier alpha value is -1.93. The molecule has 0 bridgehead atoms. The zero-order valence-corrected chi connectivity index (χ0v) is 7.95. The average molecular weight is 202 g/mol. The number of hydrogen-bond acceptors (Lipinski definition) is 5. The van der Waals surface area contributed by atoms with E-state index in [4.69, 9.17) is 11.0 Å². The highest BCUT2D eigenvalue weighted by atomic mass is 32.1. The lowest BCUT2D eigenvalue weighted by Gasteiger charge is -1.98. The van der Waals surface area contributed by atoms with Gasteiger partial charge in [0.25, 0.3) is 0 Å². The number of nitrogens with two attached hydrogens (primary N) is 1. The molecule has 2 rings (SSSR count). The fourth-order valence-corrected chi connectivity index (χ4v) is 1.70. The Morgan fingerprint density at radius 3 is 2.93 bits per heavy atom. The zero-order chi connectivity index (χ0) is 9.97. The molecule has 14 heavy (non-hydrogen) atoms. The van der Waals surface area contributed by atoms with Crippen LogP contribution >= 0.6 is 11.3 Å². The first-order valence-electron chi connectivity index (χ1n) is 3.88. The lowest BCUT2D eigenvalue weighted by Crippen LogP contribution is -1.96. The fraction of sp³-hybridized carbons (Fsp3) is 0. The first kappa shape index (κ1) is 8.66. The average Bonchev–Trinajstić information content (AvgIpc) is 2.69. The van der Waals surface area contributed by atoms with Crippen LogP contribution in [0.1, 0.15) is 5.69 Å². The molecular weight excluding hydrogens is 196 g/mol. The van der Waals surface area contributed by atoms with Crippen molar-refractivity contribution in [2.75, 3.05) is 5.73 Å². The highest BCUT2D eigenvalue weighted by molar-refractivity contribution is 7.13. The molecule has 0 aliphatic rings. The first-order chi connectivity index (χ1) is 6.79. The number of anilines is 1. The van der Waals surface area contributed by atoms with Crippen LogP contribution in [0.15, 0.2) is 23.6 Å². The van der Waals surface area contributed by atoms with Crippen LogP contribution in [0.2, 0.25) is 0 Å². The Labute approximate surface area is 84.7 Å². The molecule has 4 nitrogen and oxygen atoms in total. The quantitative estimate of drug-likeness (QED) is 0.763. The van der Waals surface area contributed by atoms with Crippen LogP contribution in [-0.2, 0) is 0 Å². The molecule has 0 aliphatic heterocycles. The van der Waals surface area contributed by atoms with Crippen molar-refractivity contribution < 1.29 is 0 Å². The number of rotatable bonds is 1. The van der Waals surface area contributed by atoms with Crippen LogP contribution in [-0.4, -0.2) is 9.97 Å². The minimum atomic E-state index is 0.293. The second kappa shape index (κ2) is 3.44. The van der Waals surface area contributed by atoms with Crippen LogP contribution in [0, 0.1) is 11.3 Å². The summed E-state index contributed by atoms with van der Waals surface area (Å²) in [5.41, 5.74) is 5.84. The Balaban J connectivity index is 2.55. The molecular formula is C9H6N4S. The smallest absolute Gasteiger partial charge is 0.172 e. The van der Waals surface area contributed by atoms with Crippen molar-refractivity contribution in [1.29, 1.82) is 5.26 Å². The van der Waals surface area contributed by atoms with Gasteiger partial charge in [0.1, 0.15) is 17.6 Å². The van der Waals surface area contributed by atoms with Crippen molar-refractivity contribution in [3.63, 3.8) is 0 Å². The molecule has 68 valence electrons. The topological polar surface area (TPSA) is 75.6 Å². The highest BCUT2D eigenvalue weighted by Gasteiger charge is 2.05. The third kappa shape index (κ3) is 1.56. The minimum Gasteiger partial charge on any atom is -0.384 e. The molecule has 0 saturated carbocycles. The summed E-state index contributed by atoms with van der Waals surface area (Å²) in [5, 5.41) is 10.6. The van der Waals surface area contributed by atoms with Gasteiger partial charge in [-0.2, -0.15) is 5.26 Å². The molecule has 0 aromatic carbocycles. The van der Waals surface area contributed by atoms with E-state index < -0.39 is 0 Å². The maximum atomic E-state index is 8.69. The van der Waals surface area contributed by atoms with Gasteiger partial charge in [-0.1, -0.05) is 6.07 Å². The van der Waals surface area contributed by atoms with Gasteiger partial charge in [0.2, 0.25) is 0 Å². The van der Waals surface area contributed by atoms with Crippen molar-refractivity contribution in [1.82, 2.24) is 9.97 Å². The van der Waals surface area contributed by atoms with Crippen LogP contribution in [0.3, 0.4) is 0 Å². The summed E-state index contributed by atoms with van der Waals surface area (Å²) in [6.07, 6.45) is 0. The maximum absolute atomic E-state index is 8.69. The number of nitrogen functional groups attached to an aromatic ring is 1. The lowest BCUT2D eigenvalue weighted by atomic mass is 10.4. The highest BCUT2D eigenvalue weighted by Crippen LogP contribution is 2.21. The van der Waals surface area contributed by atoms with E-state index in [-0.39, 0.29) is 0 Å². The summed E-state index contributed by atoms with van der Waals surface area (Å²) in [5.74, 6) is 0.830. The summed E-state index contributed by atoms with van der Waals surface area (Å²) in [4.78, 5) is 9.01. The number of thiophene rings is 1. The summed E-state index contributed by atoms with van der Waals surface area (Å²) >= 11 is 1.51. The van der Waals surface area contributed by atoms with Crippen molar-refractivity contribution in [2.24, 2.45) is 0 Å². The van der Waals surface area contributed by atoms with Gasteiger partial charge in [-0.15, -0.1) is 11.3 Å². The Bertz CT molecular complexity index is 484. The van der Waals surface area contributed by atoms with Crippen LogP contribution < -0.4 is 5.73 Å². The molecule has 5 heteroatoms. The fourth-order valence-electron chi connectivity index (χ4n) is 1.04. The van der Waals surface area contributed by atoms with Gasteiger partial charge in [0.15, 0.2) is 5.82 Å². The molecule has 0 radical (unpaired) electrons. The van der Waals surface area contributed by atoms with Gasteiger partial charge in [0, 0.05) is 6.07 Å². The molecule has 2 N–H and O–H groups in total. The van der Waals surface area contributed by atoms with Gasteiger partial charge in [-0.05, 0) is 11.4 Å². The van der Waals surface area contributed by atoms with E-state index in [1.165, 1.54) is 17.4 Å². The van der Waals surface area contributed by atoms with E-state index in [9.17, 15) is 0 Å². The van der Waals surface area contributed by atoms with Gasteiger partial charge in [-0.3, -0.25) is 0 Å². The molecule has 2 heterocycles. The minimum absolute atomic E-state index is 0.293. The molecule has 2 aromatic heterocycles. The predicted molar refractivity (Wildman–Crippen MR) is 54.5 cm³/mol. The molecule has 2 aromatic rings. The van der Waals surface area contributed by atoms with Crippen molar-refractivity contribution >= 4 is 17.2 Å². The van der Waals surface area contributed by atoms with Crippen LogP contribution in [0.4, 0.5) is 5.82 Å². The van der Waals surface area contributed by atoms with Crippen molar-refractivity contribution in [3.8, 4) is 16.8 Å². The van der Waals surface area contributed by atoms with Gasteiger partial charge in [0.05, 0.1) is 4.88 Å². The zero-order valence-electron chi connectivity index (χ0n) is 7.14. The number of aromatic nitrogens is 2. The van der Waals surface area contributed by atoms with E-state index >= 15 is 0 Å².